The van der Waals surface area contributed by atoms with Crippen molar-refractivity contribution >= 4 is 19.8 Å². The number of esters is 2. The van der Waals surface area contributed by atoms with E-state index in [1.165, 1.54) is 57.8 Å². The van der Waals surface area contributed by atoms with Gasteiger partial charge < -0.3 is 19.3 Å². The summed E-state index contributed by atoms with van der Waals surface area (Å²) in [7, 11) is -4.76. The van der Waals surface area contributed by atoms with Crippen LogP contribution < -0.4 is 0 Å². The van der Waals surface area contributed by atoms with Gasteiger partial charge in [0, 0.05) is 12.8 Å². The van der Waals surface area contributed by atoms with Gasteiger partial charge in [0.15, 0.2) is 6.10 Å². The van der Waals surface area contributed by atoms with Gasteiger partial charge in [0.2, 0.25) is 0 Å². The van der Waals surface area contributed by atoms with Crippen LogP contribution in [0.3, 0.4) is 0 Å². The summed E-state index contributed by atoms with van der Waals surface area (Å²) in [5.74, 6) is -0.925. The fraction of sp³-hybridized carbons (Fsp3) is 0.700. The minimum Gasteiger partial charge on any atom is -0.462 e. The molecule has 0 amide bonds. The third-order valence-corrected chi connectivity index (χ3v) is 8.29. The predicted octanol–water partition coefficient (Wildman–Crippen LogP) is 11.3. The average molecular weight is 709 g/mol. The molecule has 0 unspecified atom stereocenters. The molecule has 0 aromatic heterocycles. The molecule has 49 heavy (non-hydrogen) atoms. The molecule has 0 spiro atoms. The number of phosphoric acid groups is 1. The van der Waals surface area contributed by atoms with Gasteiger partial charge in [-0.05, 0) is 57.8 Å². The molecule has 0 aliphatic carbocycles. The molecule has 0 radical (unpaired) electrons. The van der Waals surface area contributed by atoms with Crippen molar-refractivity contribution in [1.29, 1.82) is 0 Å². The molecule has 2 N–H and O–H groups in total. The second kappa shape index (κ2) is 35.6. The molecule has 0 rings (SSSR count). The van der Waals surface area contributed by atoms with Crippen molar-refractivity contribution in [2.45, 2.75) is 168 Å². The lowest BCUT2D eigenvalue weighted by Crippen LogP contribution is -2.29. The highest BCUT2D eigenvalue weighted by Crippen LogP contribution is 2.36. The van der Waals surface area contributed by atoms with E-state index in [1.807, 2.05) is 0 Å². The van der Waals surface area contributed by atoms with Crippen LogP contribution >= 0.6 is 7.82 Å². The van der Waals surface area contributed by atoms with E-state index in [4.69, 9.17) is 19.3 Å². The van der Waals surface area contributed by atoms with E-state index >= 15 is 0 Å². The highest BCUT2D eigenvalue weighted by molar-refractivity contribution is 7.46. The second-order valence-electron chi connectivity index (χ2n) is 12.5. The SMILES string of the molecule is CC/C=C\C/C=C\C/C=C\C/C=C\C/C=C\CCCCCC(=O)O[C@H](COC(=O)CCCCCCCCCCCCCC)COP(=O)(O)O. The summed E-state index contributed by atoms with van der Waals surface area (Å²) in [5, 5.41) is 0. The number of carbonyl (C=O) groups excluding carboxylic acids is 2. The molecular formula is C40H69O8P. The number of allylic oxidation sites excluding steroid dienone is 10. The summed E-state index contributed by atoms with van der Waals surface area (Å²) in [6, 6.07) is 0. The number of hydrogen-bond donors (Lipinski definition) is 2. The van der Waals surface area contributed by atoms with Gasteiger partial charge in [-0.25, -0.2) is 4.57 Å². The number of rotatable bonds is 34. The topological polar surface area (TPSA) is 119 Å². The zero-order chi connectivity index (χ0) is 36.1. The summed E-state index contributed by atoms with van der Waals surface area (Å²) in [6.07, 6.45) is 43.7. The van der Waals surface area contributed by atoms with Crippen molar-refractivity contribution in [2.24, 2.45) is 0 Å². The van der Waals surface area contributed by atoms with Gasteiger partial charge in [0.25, 0.3) is 0 Å². The average Bonchev–Trinajstić information content (AvgIpc) is 3.07. The molecule has 0 bridgehead atoms. The zero-order valence-electron chi connectivity index (χ0n) is 30.8. The maximum absolute atomic E-state index is 12.4. The standard InChI is InChI=1S/C40H69O8P/c1-3-5-7-9-11-13-15-17-18-19-20-21-22-23-25-27-29-31-33-35-40(42)48-38(37-47-49(43,44)45)36-46-39(41)34-32-30-28-26-24-16-14-12-10-8-6-4-2/h5,7,11,13,17-18,20-21,23,25,38H,3-4,6,8-10,12,14-16,19,22,24,26-37H2,1-2H3,(H2,43,44,45)/b7-5-,13-11-,18-17-,21-20-,25-23-/t38-/m1/s1. The van der Waals surface area contributed by atoms with Crippen LogP contribution in [-0.2, 0) is 28.2 Å². The van der Waals surface area contributed by atoms with Crippen LogP contribution in [0.5, 0.6) is 0 Å². The third kappa shape index (κ3) is 38.4. The third-order valence-electron chi connectivity index (χ3n) is 7.80. The maximum atomic E-state index is 12.4. The first-order valence-corrected chi connectivity index (χ1v) is 20.6. The fourth-order valence-electron chi connectivity index (χ4n) is 4.99. The monoisotopic (exact) mass is 708 g/mol. The van der Waals surface area contributed by atoms with E-state index in [2.05, 4.69) is 79.1 Å². The molecule has 9 heteroatoms. The Labute approximate surface area is 298 Å². The Kier molecular flexibility index (Phi) is 33.9. The number of hydrogen-bond acceptors (Lipinski definition) is 6. The molecule has 0 saturated carbocycles. The zero-order valence-corrected chi connectivity index (χ0v) is 31.7. The van der Waals surface area contributed by atoms with Crippen LogP contribution in [0, 0.1) is 0 Å². The Balaban J connectivity index is 4.05. The first-order chi connectivity index (χ1) is 23.8. The maximum Gasteiger partial charge on any atom is 0.469 e. The van der Waals surface area contributed by atoms with Gasteiger partial charge in [0.05, 0.1) is 6.61 Å². The van der Waals surface area contributed by atoms with E-state index < -0.39 is 32.5 Å². The van der Waals surface area contributed by atoms with Gasteiger partial charge in [-0.2, -0.15) is 0 Å². The molecular weight excluding hydrogens is 639 g/mol. The lowest BCUT2D eigenvalue weighted by molar-refractivity contribution is -0.161. The molecule has 282 valence electrons. The predicted molar refractivity (Wildman–Crippen MR) is 202 cm³/mol. The smallest absolute Gasteiger partial charge is 0.462 e. The number of unbranched alkanes of at least 4 members (excludes halogenated alkanes) is 14. The van der Waals surface area contributed by atoms with Crippen LogP contribution in [0.1, 0.15) is 162 Å². The quantitative estimate of drug-likeness (QED) is 0.0293. The molecule has 8 nitrogen and oxygen atoms in total. The van der Waals surface area contributed by atoms with Crippen LogP contribution in [0.2, 0.25) is 0 Å². The summed E-state index contributed by atoms with van der Waals surface area (Å²) in [6.45, 7) is 3.52. The molecule has 0 aliphatic rings. The molecule has 0 saturated heterocycles. The van der Waals surface area contributed by atoms with E-state index in [1.54, 1.807) is 0 Å². The van der Waals surface area contributed by atoms with Gasteiger partial charge in [-0.3, -0.25) is 14.1 Å². The summed E-state index contributed by atoms with van der Waals surface area (Å²) < 4.78 is 26.3. The molecule has 1 atom stereocenters. The van der Waals surface area contributed by atoms with Gasteiger partial charge in [-0.1, -0.05) is 152 Å². The van der Waals surface area contributed by atoms with Crippen LogP contribution in [0.4, 0.5) is 0 Å². The van der Waals surface area contributed by atoms with Crippen molar-refractivity contribution in [3.63, 3.8) is 0 Å². The highest BCUT2D eigenvalue weighted by atomic mass is 31.2. The van der Waals surface area contributed by atoms with E-state index in [0.717, 1.165) is 70.6 Å². The van der Waals surface area contributed by atoms with Crippen LogP contribution in [-0.4, -0.2) is 41.0 Å². The lowest BCUT2D eigenvalue weighted by atomic mass is 10.0. The Hall–Kier alpha value is -2.25. The molecule has 0 fully saturated rings. The largest absolute Gasteiger partial charge is 0.469 e. The molecule has 0 heterocycles. The van der Waals surface area contributed by atoms with Crippen molar-refractivity contribution < 1.29 is 37.9 Å². The van der Waals surface area contributed by atoms with E-state index in [-0.39, 0.29) is 19.4 Å². The normalized spacial score (nSPS) is 13.1. The summed E-state index contributed by atoms with van der Waals surface area (Å²) >= 11 is 0. The van der Waals surface area contributed by atoms with Gasteiger partial charge in [-0.15, -0.1) is 0 Å². The van der Waals surface area contributed by atoms with Crippen molar-refractivity contribution in [1.82, 2.24) is 0 Å². The number of ether oxygens (including phenoxy) is 2. The van der Waals surface area contributed by atoms with E-state index in [9.17, 15) is 14.2 Å². The minimum atomic E-state index is -4.76. The minimum absolute atomic E-state index is 0.172. The Bertz CT molecular complexity index is 979. The molecule has 0 aliphatic heterocycles. The summed E-state index contributed by atoms with van der Waals surface area (Å²) in [5.41, 5.74) is 0. The summed E-state index contributed by atoms with van der Waals surface area (Å²) in [4.78, 5) is 42.7. The van der Waals surface area contributed by atoms with Crippen molar-refractivity contribution in [3.8, 4) is 0 Å². The first-order valence-electron chi connectivity index (χ1n) is 19.1. The van der Waals surface area contributed by atoms with Crippen LogP contribution in [0.25, 0.3) is 0 Å². The first kappa shape index (κ1) is 46.8. The Morgan fingerprint density at radius 3 is 1.47 bits per heavy atom. The fourth-order valence-corrected chi connectivity index (χ4v) is 5.35. The van der Waals surface area contributed by atoms with Gasteiger partial charge >= 0.3 is 19.8 Å². The second-order valence-corrected chi connectivity index (χ2v) is 13.8. The number of carbonyl (C=O) groups is 2. The highest BCUT2D eigenvalue weighted by Gasteiger charge is 2.22. The van der Waals surface area contributed by atoms with Crippen LogP contribution in [0.15, 0.2) is 60.8 Å². The van der Waals surface area contributed by atoms with Crippen molar-refractivity contribution in [2.75, 3.05) is 13.2 Å². The Morgan fingerprint density at radius 1 is 0.551 bits per heavy atom. The lowest BCUT2D eigenvalue weighted by Gasteiger charge is -2.18. The molecule has 0 aromatic rings. The number of phosphoric ester groups is 1. The Morgan fingerprint density at radius 2 is 0.980 bits per heavy atom. The van der Waals surface area contributed by atoms with Crippen molar-refractivity contribution in [3.05, 3.63) is 60.8 Å². The van der Waals surface area contributed by atoms with E-state index in [0.29, 0.717) is 6.42 Å². The van der Waals surface area contributed by atoms with Gasteiger partial charge in [0.1, 0.15) is 6.61 Å². The molecule has 0 aromatic carbocycles.